The molecule has 0 saturated carbocycles. The molecule has 0 aromatic carbocycles. The van der Waals surface area contributed by atoms with Gasteiger partial charge in [0, 0.05) is 37.4 Å². The zero-order valence-corrected chi connectivity index (χ0v) is 17.2. The number of ether oxygens (including phenoxy) is 1. The molecule has 144 valence electrons. The van der Waals surface area contributed by atoms with Crippen LogP contribution in [0, 0.1) is 0 Å². The standard InChI is InChI=1S/C18H29BN2O5/c1-16(2,3)21(9)15(23)24-13-10-14(22)20(8)11-12(13)19-25-17(4,5)18(6,7)26-19/h10-11H,1-9H3. The van der Waals surface area contributed by atoms with Crippen molar-refractivity contribution in [3.63, 3.8) is 0 Å². The molecular weight excluding hydrogens is 335 g/mol. The summed E-state index contributed by atoms with van der Waals surface area (Å²) in [6.07, 6.45) is 1.04. The summed E-state index contributed by atoms with van der Waals surface area (Å²) in [5.41, 5.74) is -1.29. The summed E-state index contributed by atoms with van der Waals surface area (Å²) in [5, 5.41) is 0. The van der Waals surface area contributed by atoms with Crippen LogP contribution in [0.3, 0.4) is 0 Å². The van der Waals surface area contributed by atoms with Gasteiger partial charge >= 0.3 is 13.2 Å². The predicted octanol–water partition coefficient (Wildman–Crippen LogP) is 1.91. The van der Waals surface area contributed by atoms with E-state index in [1.807, 2.05) is 48.5 Å². The highest BCUT2D eigenvalue weighted by Gasteiger charge is 2.52. The minimum Gasteiger partial charge on any atom is -0.410 e. The lowest BCUT2D eigenvalue weighted by Crippen LogP contribution is -2.46. The molecule has 7 nitrogen and oxygen atoms in total. The molecule has 2 heterocycles. The molecule has 1 aliphatic rings. The number of aromatic nitrogens is 1. The Morgan fingerprint density at radius 2 is 1.69 bits per heavy atom. The largest absolute Gasteiger partial charge is 0.500 e. The summed E-state index contributed by atoms with van der Waals surface area (Å²) in [6.45, 7) is 13.4. The highest BCUT2D eigenvalue weighted by atomic mass is 16.7. The molecule has 0 bridgehead atoms. The first-order chi connectivity index (χ1) is 11.7. The fourth-order valence-electron chi connectivity index (χ4n) is 2.30. The monoisotopic (exact) mass is 364 g/mol. The van der Waals surface area contributed by atoms with Gasteiger partial charge in [-0.1, -0.05) is 0 Å². The highest BCUT2D eigenvalue weighted by molar-refractivity contribution is 6.63. The van der Waals surface area contributed by atoms with Gasteiger partial charge in [-0.2, -0.15) is 0 Å². The van der Waals surface area contributed by atoms with Crippen molar-refractivity contribution in [3.05, 3.63) is 22.6 Å². The summed E-state index contributed by atoms with van der Waals surface area (Å²) < 4.78 is 19.0. The second-order valence-electron chi connectivity index (χ2n) is 8.73. The van der Waals surface area contributed by atoms with E-state index in [-0.39, 0.29) is 11.3 Å². The second kappa shape index (κ2) is 6.42. The Morgan fingerprint density at radius 3 is 2.15 bits per heavy atom. The normalized spacial score (nSPS) is 18.7. The van der Waals surface area contributed by atoms with Crippen molar-refractivity contribution in [2.45, 2.75) is 65.2 Å². The predicted molar refractivity (Wildman–Crippen MR) is 101 cm³/mol. The molecule has 1 aromatic rings. The number of carbonyl (C=O) groups is 1. The van der Waals surface area contributed by atoms with Crippen LogP contribution in [0.2, 0.25) is 0 Å². The minimum atomic E-state index is -0.741. The molecule has 0 N–H and O–H groups in total. The molecule has 1 amide bonds. The number of pyridine rings is 1. The lowest BCUT2D eigenvalue weighted by atomic mass is 9.79. The first kappa shape index (κ1) is 20.5. The van der Waals surface area contributed by atoms with Crippen molar-refractivity contribution in [2.24, 2.45) is 7.05 Å². The molecular formula is C18H29BN2O5. The van der Waals surface area contributed by atoms with Crippen molar-refractivity contribution >= 4 is 18.7 Å². The Hall–Kier alpha value is -1.80. The topological polar surface area (TPSA) is 70.0 Å². The molecule has 0 atom stereocenters. The number of carbonyl (C=O) groups excluding carboxylic acids is 1. The maximum atomic E-state index is 12.5. The number of aryl methyl sites for hydroxylation is 1. The van der Waals surface area contributed by atoms with Crippen LogP contribution in [-0.2, 0) is 16.4 Å². The summed E-state index contributed by atoms with van der Waals surface area (Å²) >= 11 is 0. The molecule has 1 aliphatic heterocycles. The van der Waals surface area contributed by atoms with E-state index in [0.717, 1.165) is 0 Å². The quantitative estimate of drug-likeness (QED) is 0.750. The van der Waals surface area contributed by atoms with E-state index in [2.05, 4.69) is 0 Å². The lowest BCUT2D eigenvalue weighted by Gasteiger charge is -2.32. The maximum Gasteiger partial charge on any atom is 0.500 e. The number of nitrogens with zero attached hydrogens (tertiary/aromatic N) is 2. The first-order valence-corrected chi connectivity index (χ1v) is 8.67. The van der Waals surface area contributed by atoms with Crippen LogP contribution in [-0.4, -0.2) is 46.5 Å². The molecule has 0 aliphatic carbocycles. The number of hydrogen-bond acceptors (Lipinski definition) is 5. The van der Waals surface area contributed by atoms with Crippen molar-refractivity contribution in [1.82, 2.24) is 9.47 Å². The van der Waals surface area contributed by atoms with Gasteiger partial charge in [0.05, 0.1) is 11.2 Å². The van der Waals surface area contributed by atoms with E-state index in [1.165, 1.54) is 15.5 Å². The summed E-state index contributed by atoms with van der Waals surface area (Å²) in [6, 6.07) is 1.29. The zero-order valence-electron chi connectivity index (χ0n) is 17.2. The molecule has 2 rings (SSSR count). The van der Waals surface area contributed by atoms with Crippen LogP contribution in [0.25, 0.3) is 0 Å². The molecule has 0 unspecified atom stereocenters. The van der Waals surface area contributed by atoms with Gasteiger partial charge < -0.3 is 23.5 Å². The molecule has 26 heavy (non-hydrogen) atoms. The molecule has 1 fully saturated rings. The third-order valence-corrected chi connectivity index (χ3v) is 5.20. The van der Waals surface area contributed by atoms with E-state index >= 15 is 0 Å². The molecule has 8 heteroatoms. The molecule has 1 aromatic heterocycles. The van der Waals surface area contributed by atoms with Crippen LogP contribution in [0.4, 0.5) is 4.79 Å². The molecule has 1 saturated heterocycles. The van der Waals surface area contributed by atoms with E-state index in [0.29, 0.717) is 5.46 Å². The van der Waals surface area contributed by atoms with Crippen molar-refractivity contribution in [1.29, 1.82) is 0 Å². The number of amides is 1. The lowest BCUT2D eigenvalue weighted by molar-refractivity contribution is 0.00578. The summed E-state index contributed by atoms with van der Waals surface area (Å²) in [7, 11) is 2.54. The van der Waals surface area contributed by atoms with Gasteiger partial charge in [-0.3, -0.25) is 4.79 Å². The smallest absolute Gasteiger partial charge is 0.410 e. The number of hydrogen-bond donors (Lipinski definition) is 0. The van der Waals surface area contributed by atoms with Crippen molar-refractivity contribution in [2.75, 3.05) is 7.05 Å². The number of rotatable bonds is 2. The molecule has 0 radical (unpaired) electrons. The van der Waals surface area contributed by atoms with Crippen LogP contribution in [0.15, 0.2) is 17.1 Å². The highest BCUT2D eigenvalue weighted by Crippen LogP contribution is 2.37. The van der Waals surface area contributed by atoms with E-state index in [4.69, 9.17) is 14.0 Å². The van der Waals surface area contributed by atoms with E-state index < -0.39 is 30.0 Å². The third-order valence-electron chi connectivity index (χ3n) is 5.20. The fourth-order valence-corrected chi connectivity index (χ4v) is 2.30. The third kappa shape index (κ3) is 3.81. The minimum absolute atomic E-state index is 0.146. The van der Waals surface area contributed by atoms with E-state index in [9.17, 15) is 9.59 Å². The Kier molecular flexibility index (Phi) is 5.07. The van der Waals surface area contributed by atoms with Gasteiger partial charge in [0.15, 0.2) is 0 Å². The Labute approximate surface area is 155 Å². The Balaban J connectivity index is 2.41. The summed E-state index contributed by atoms with van der Waals surface area (Å²) in [5.74, 6) is 0.146. The van der Waals surface area contributed by atoms with Crippen LogP contribution < -0.4 is 15.8 Å². The fraction of sp³-hybridized carbons (Fsp3) is 0.667. The average Bonchev–Trinajstić information content (AvgIpc) is 2.69. The van der Waals surface area contributed by atoms with Gasteiger partial charge in [0.2, 0.25) is 0 Å². The van der Waals surface area contributed by atoms with Gasteiger partial charge in [-0.15, -0.1) is 0 Å². The Bertz CT molecular complexity index is 748. The van der Waals surface area contributed by atoms with Gasteiger partial charge in [0.25, 0.3) is 5.56 Å². The van der Waals surface area contributed by atoms with Crippen molar-refractivity contribution in [3.8, 4) is 5.75 Å². The maximum absolute atomic E-state index is 12.5. The van der Waals surface area contributed by atoms with Gasteiger partial charge in [-0.05, 0) is 48.5 Å². The second-order valence-corrected chi connectivity index (χ2v) is 8.73. The zero-order chi connectivity index (χ0) is 20.1. The van der Waals surface area contributed by atoms with Crippen molar-refractivity contribution < 1.29 is 18.8 Å². The van der Waals surface area contributed by atoms with Crippen LogP contribution in [0.5, 0.6) is 5.75 Å². The molecule has 0 spiro atoms. The summed E-state index contributed by atoms with van der Waals surface area (Å²) in [4.78, 5) is 26.0. The van der Waals surface area contributed by atoms with Gasteiger partial charge in [0.1, 0.15) is 5.75 Å². The van der Waals surface area contributed by atoms with Crippen LogP contribution >= 0.6 is 0 Å². The SMILES string of the molecule is CN(C(=O)Oc1cc(=O)n(C)cc1B1OC(C)(C)C(C)(C)O1)C(C)(C)C. The van der Waals surface area contributed by atoms with E-state index in [1.54, 1.807) is 20.3 Å². The first-order valence-electron chi connectivity index (χ1n) is 8.67. The Morgan fingerprint density at radius 1 is 1.19 bits per heavy atom. The average molecular weight is 364 g/mol. The van der Waals surface area contributed by atoms with Gasteiger partial charge in [-0.25, -0.2) is 4.79 Å². The van der Waals surface area contributed by atoms with Crippen LogP contribution in [0.1, 0.15) is 48.5 Å².